The molecule has 118 valence electrons. The van der Waals surface area contributed by atoms with E-state index in [-0.39, 0.29) is 5.97 Å². The highest BCUT2D eigenvalue weighted by Crippen LogP contribution is 2.26. The molecule has 1 heterocycles. The number of carbonyl (C=O) groups excluding carboxylic acids is 1. The van der Waals surface area contributed by atoms with Gasteiger partial charge in [-0.1, -0.05) is 0 Å². The molecule has 0 amide bonds. The predicted octanol–water partition coefficient (Wildman–Crippen LogP) is 2.73. The molecule has 0 radical (unpaired) electrons. The van der Waals surface area contributed by atoms with E-state index in [1.807, 2.05) is 30.9 Å². The van der Waals surface area contributed by atoms with Crippen molar-refractivity contribution in [3.63, 3.8) is 0 Å². The molecule has 1 aliphatic carbocycles. The van der Waals surface area contributed by atoms with Gasteiger partial charge in [0.25, 0.3) is 0 Å². The van der Waals surface area contributed by atoms with Gasteiger partial charge in [0.05, 0.1) is 16.4 Å². The van der Waals surface area contributed by atoms with Crippen molar-refractivity contribution in [1.29, 1.82) is 0 Å². The number of nitrogens with zero attached hydrogens (tertiary/aromatic N) is 2. The van der Waals surface area contributed by atoms with E-state index in [0.717, 1.165) is 29.4 Å². The number of rotatable bonds is 9. The van der Waals surface area contributed by atoms with Gasteiger partial charge in [0, 0.05) is 18.8 Å². The number of carbonyl (C=O) groups is 1. The van der Waals surface area contributed by atoms with Crippen LogP contribution in [0.1, 0.15) is 46.0 Å². The van der Waals surface area contributed by atoms with Crippen molar-refractivity contribution in [2.24, 2.45) is 0 Å². The van der Waals surface area contributed by atoms with Gasteiger partial charge >= 0.3 is 5.97 Å². The average molecular weight is 405 g/mol. The first kappa shape index (κ1) is 16.7. The molecular formula is C15H24IN3O2. The molecule has 5 nitrogen and oxygen atoms in total. The molecule has 0 aromatic carbocycles. The van der Waals surface area contributed by atoms with Gasteiger partial charge in [-0.2, -0.15) is 5.10 Å². The molecule has 0 saturated heterocycles. The van der Waals surface area contributed by atoms with Crippen molar-refractivity contribution in [2.75, 3.05) is 6.61 Å². The fraction of sp³-hybridized carbons (Fsp3) is 0.733. The largest absolute Gasteiger partial charge is 0.465 e. The third kappa shape index (κ3) is 5.25. The normalized spacial score (nSPS) is 17.5. The Kier molecular flexibility index (Phi) is 6.04. The Morgan fingerprint density at radius 2 is 2.33 bits per heavy atom. The first-order chi connectivity index (χ1) is 10.0. The predicted molar refractivity (Wildman–Crippen MR) is 90.0 cm³/mol. The zero-order valence-electron chi connectivity index (χ0n) is 12.8. The second kappa shape index (κ2) is 7.58. The van der Waals surface area contributed by atoms with Crippen molar-refractivity contribution in [3.05, 3.63) is 16.0 Å². The summed E-state index contributed by atoms with van der Waals surface area (Å²) in [5.74, 6) is -0.120. The lowest BCUT2D eigenvalue weighted by molar-refractivity contribution is -0.151. The molecule has 0 bridgehead atoms. The third-order valence-corrected chi connectivity index (χ3v) is 4.30. The number of esters is 1. The van der Waals surface area contributed by atoms with Gasteiger partial charge in [0.2, 0.25) is 0 Å². The van der Waals surface area contributed by atoms with E-state index in [9.17, 15) is 4.79 Å². The van der Waals surface area contributed by atoms with E-state index >= 15 is 0 Å². The van der Waals surface area contributed by atoms with Crippen LogP contribution in [0.2, 0.25) is 0 Å². The molecule has 1 atom stereocenters. The van der Waals surface area contributed by atoms with Crippen molar-refractivity contribution < 1.29 is 9.53 Å². The standard InChI is InChI=1S/C15H24IN3O2/c1-3-21-14(20)15(2,18-13-6-7-13)8-4-5-9-19-11-12(16)10-17-19/h10-11,13,18H,3-9H2,1-2H3. The molecule has 2 rings (SSSR count). The number of aromatic nitrogens is 2. The maximum atomic E-state index is 12.2. The minimum absolute atomic E-state index is 0.120. The summed E-state index contributed by atoms with van der Waals surface area (Å²) in [5.41, 5.74) is -0.546. The highest BCUT2D eigenvalue weighted by atomic mass is 127. The summed E-state index contributed by atoms with van der Waals surface area (Å²) in [6.07, 6.45) is 9.03. The van der Waals surface area contributed by atoms with E-state index in [1.165, 1.54) is 12.8 Å². The van der Waals surface area contributed by atoms with Crippen LogP contribution in [0.3, 0.4) is 0 Å². The fourth-order valence-corrected chi connectivity index (χ4v) is 2.86. The molecule has 0 aliphatic heterocycles. The Morgan fingerprint density at radius 3 is 2.90 bits per heavy atom. The number of aryl methyl sites for hydroxylation is 1. The quantitative estimate of drug-likeness (QED) is 0.390. The molecule has 1 aromatic heterocycles. The maximum absolute atomic E-state index is 12.2. The molecule has 1 aliphatic rings. The van der Waals surface area contributed by atoms with Gasteiger partial charge in [-0.05, 0) is 68.5 Å². The molecule has 0 spiro atoms. The summed E-state index contributed by atoms with van der Waals surface area (Å²) in [6.45, 7) is 5.16. The van der Waals surface area contributed by atoms with Crippen LogP contribution in [0.25, 0.3) is 0 Å². The van der Waals surface area contributed by atoms with Gasteiger partial charge in [-0.3, -0.25) is 14.8 Å². The minimum atomic E-state index is -0.546. The summed E-state index contributed by atoms with van der Waals surface area (Å²) < 4.78 is 8.34. The smallest absolute Gasteiger partial charge is 0.326 e. The van der Waals surface area contributed by atoms with Crippen LogP contribution >= 0.6 is 22.6 Å². The van der Waals surface area contributed by atoms with Crippen LogP contribution in [0.5, 0.6) is 0 Å². The zero-order valence-corrected chi connectivity index (χ0v) is 14.9. The van der Waals surface area contributed by atoms with Gasteiger partial charge in [0.15, 0.2) is 0 Å². The van der Waals surface area contributed by atoms with Crippen LogP contribution in [0, 0.1) is 3.57 Å². The van der Waals surface area contributed by atoms with Crippen LogP contribution in [-0.4, -0.2) is 33.9 Å². The van der Waals surface area contributed by atoms with Crippen LogP contribution < -0.4 is 5.32 Å². The van der Waals surface area contributed by atoms with Crippen LogP contribution in [0.15, 0.2) is 12.4 Å². The van der Waals surface area contributed by atoms with Crippen molar-refractivity contribution in [3.8, 4) is 0 Å². The molecular weight excluding hydrogens is 381 g/mol. The van der Waals surface area contributed by atoms with Crippen molar-refractivity contribution in [2.45, 2.75) is 64.1 Å². The Morgan fingerprint density at radius 1 is 1.57 bits per heavy atom. The summed E-state index contributed by atoms with van der Waals surface area (Å²) in [7, 11) is 0. The zero-order chi connectivity index (χ0) is 15.3. The van der Waals surface area contributed by atoms with E-state index in [4.69, 9.17) is 4.74 Å². The van der Waals surface area contributed by atoms with Gasteiger partial charge in [-0.25, -0.2) is 0 Å². The molecule has 1 saturated carbocycles. The molecule has 21 heavy (non-hydrogen) atoms. The molecule has 1 unspecified atom stereocenters. The van der Waals surface area contributed by atoms with Crippen LogP contribution in [-0.2, 0) is 16.1 Å². The Balaban J connectivity index is 1.79. The number of halogens is 1. The lowest BCUT2D eigenvalue weighted by Gasteiger charge is -2.28. The van der Waals surface area contributed by atoms with Gasteiger partial charge in [-0.15, -0.1) is 0 Å². The molecule has 1 fully saturated rings. The second-order valence-corrected chi connectivity index (χ2v) is 7.10. The first-order valence-corrected chi connectivity index (χ1v) is 8.74. The number of hydrogen-bond acceptors (Lipinski definition) is 4. The van der Waals surface area contributed by atoms with Crippen molar-refractivity contribution in [1.82, 2.24) is 15.1 Å². The topological polar surface area (TPSA) is 56.2 Å². The molecule has 1 N–H and O–H groups in total. The lowest BCUT2D eigenvalue weighted by atomic mass is 9.94. The van der Waals surface area contributed by atoms with E-state index in [2.05, 4.69) is 33.0 Å². The Labute approximate surface area is 139 Å². The van der Waals surface area contributed by atoms with E-state index < -0.39 is 5.54 Å². The molecule has 1 aromatic rings. The first-order valence-electron chi connectivity index (χ1n) is 7.66. The van der Waals surface area contributed by atoms with Gasteiger partial charge in [0.1, 0.15) is 5.54 Å². The average Bonchev–Trinajstić information content (AvgIpc) is 3.15. The monoisotopic (exact) mass is 405 g/mol. The Hall–Kier alpha value is -0.630. The van der Waals surface area contributed by atoms with E-state index in [1.54, 1.807) is 0 Å². The SMILES string of the molecule is CCOC(=O)C(C)(CCCCn1cc(I)cn1)NC1CC1. The highest BCUT2D eigenvalue weighted by molar-refractivity contribution is 14.1. The number of nitrogens with one attached hydrogen (secondary N) is 1. The summed E-state index contributed by atoms with van der Waals surface area (Å²) >= 11 is 2.26. The van der Waals surface area contributed by atoms with Crippen molar-refractivity contribution >= 4 is 28.6 Å². The lowest BCUT2D eigenvalue weighted by Crippen LogP contribution is -2.51. The maximum Gasteiger partial charge on any atom is 0.326 e. The highest BCUT2D eigenvalue weighted by Gasteiger charge is 2.39. The minimum Gasteiger partial charge on any atom is -0.465 e. The fourth-order valence-electron chi connectivity index (χ4n) is 2.41. The summed E-state index contributed by atoms with van der Waals surface area (Å²) in [4.78, 5) is 12.2. The third-order valence-electron chi connectivity index (χ3n) is 3.74. The van der Waals surface area contributed by atoms with Crippen LogP contribution in [0.4, 0.5) is 0 Å². The summed E-state index contributed by atoms with van der Waals surface area (Å²) in [6, 6.07) is 0.493. The number of unbranched alkanes of at least 4 members (excludes halogenated alkanes) is 1. The summed E-state index contributed by atoms with van der Waals surface area (Å²) in [5, 5.41) is 7.73. The molecule has 6 heteroatoms. The van der Waals surface area contributed by atoms with Gasteiger partial charge < -0.3 is 4.74 Å². The van der Waals surface area contributed by atoms with E-state index in [0.29, 0.717) is 12.6 Å². The second-order valence-electron chi connectivity index (χ2n) is 5.85. The number of ether oxygens (including phenoxy) is 1. The number of hydrogen-bond donors (Lipinski definition) is 1. The Bertz CT molecular complexity index is 473.